The van der Waals surface area contributed by atoms with Crippen LogP contribution in [-0.2, 0) is 6.42 Å². The summed E-state index contributed by atoms with van der Waals surface area (Å²) in [6.07, 6.45) is 3.62. The topological polar surface area (TPSA) is 60.9 Å². The highest BCUT2D eigenvalue weighted by molar-refractivity contribution is 5.76. The summed E-state index contributed by atoms with van der Waals surface area (Å²) in [5.41, 5.74) is 2.10. The van der Waals surface area contributed by atoms with Crippen molar-refractivity contribution in [1.29, 1.82) is 0 Å². The van der Waals surface area contributed by atoms with E-state index in [1.165, 1.54) is 5.69 Å². The molecule has 2 aromatic heterocycles. The van der Waals surface area contributed by atoms with Gasteiger partial charge in [0.15, 0.2) is 0 Å². The van der Waals surface area contributed by atoms with Gasteiger partial charge in [0.05, 0.1) is 6.61 Å². The van der Waals surface area contributed by atoms with Crippen LogP contribution in [-0.4, -0.2) is 34.8 Å². The molecule has 0 fully saturated rings. The number of hydrogen-bond donors (Lipinski definition) is 3. The number of nitrogens with one attached hydrogen (secondary N) is 2. The Balaban J connectivity index is 2.04. The third-order valence-electron chi connectivity index (χ3n) is 2.84. The molecule has 0 unspecified atom stereocenters. The van der Waals surface area contributed by atoms with Crippen molar-refractivity contribution >= 4 is 11.0 Å². The third kappa shape index (κ3) is 2.40. The normalized spacial score (nSPS) is 13.1. The molecule has 2 heterocycles. The first-order chi connectivity index (χ1) is 7.83. The number of aliphatic hydroxyl groups is 1. The van der Waals surface area contributed by atoms with Gasteiger partial charge in [0.2, 0.25) is 0 Å². The number of H-pyrrole nitrogens is 1. The van der Waals surface area contributed by atoms with Gasteiger partial charge in [0, 0.05) is 23.3 Å². The van der Waals surface area contributed by atoms with Gasteiger partial charge in [-0.25, -0.2) is 4.98 Å². The minimum atomic E-state index is 0.166. The number of aliphatic hydroxyl groups excluding tert-OH is 1. The zero-order valence-electron chi connectivity index (χ0n) is 9.40. The van der Waals surface area contributed by atoms with Crippen molar-refractivity contribution in [2.45, 2.75) is 18.9 Å². The lowest BCUT2D eigenvalue weighted by atomic mass is 10.1. The van der Waals surface area contributed by atoms with Crippen LogP contribution in [0.25, 0.3) is 11.0 Å². The summed E-state index contributed by atoms with van der Waals surface area (Å²) < 4.78 is 0. The molecule has 2 aromatic rings. The first-order valence-electron chi connectivity index (χ1n) is 5.54. The molecule has 0 saturated heterocycles. The molecule has 0 aliphatic rings. The van der Waals surface area contributed by atoms with E-state index in [0.717, 1.165) is 23.9 Å². The van der Waals surface area contributed by atoms with Crippen molar-refractivity contribution in [2.24, 2.45) is 0 Å². The van der Waals surface area contributed by atoms with Gasteiger partial charge in [0.1, 0.15) is 5.65 Å². The number of fused-ring (bicyclic) bond motifs is 1. The lowest BCUT2D eigenvalue weighted by Gasteiger charge is -2.11. The molecule has 0 aliphatic heterocycles. The van der Waals surface area contributed by atoms with Crippen LogP contribution in [0, 0.1) is 0 Å². The van der Waals surface area contributed by atoms with Crippen molar-refractivity contribution in [2.75, 3.05) is 13.7 Å². The van der Waals surface area contributed by atoms with Gasteiger partial charge in [-0.2, -0.15) is 0 Å². The second kappa shape index (κ2) is 5.09. The number of aromatic amines is 1. The molecule has 16 heavy (non-hydrogen) atoms. The highest BCUT2D eigenvalue weighted by atomic mass is 16.3. The van der Waals surface area contributed by atoms with E-state index in [2.05, 4.69) is 21.4 Å². The molecular formula is C12H17N3O. The molecule has 0 aromatic carbocycles. The molecule has 3 N–H and O–H groups in total. The summed E-state index contributed by atoms with van der Waals surface area (Å²) in [5, 5.41) is 13.3. The number of rotatable bonds is 5. The fourth-order valence-electron chi connectivity index (χ4n) is 1.81. The van der Waals surface area contributed by atoms with Crippen LogP contribution in [0.5, 0.6) is 0 Å². The minimum Gasteiger partial charge on any atom is -0.395 e. The van der Waals surface area contributed by atoms with Crippen molar-refractivity contribution in [3.05, 3.63) is 30.1 Å². The summed E-state index contributed by atoms with van der Waals surface area (Å²) in [6, 6.07) is 6.26. The maximum atomic E-state index is 9.06. The van der Waals surface area contributed by atoms with E-state index >= 15 is 0 Å². The van der Waals surface area contributed by atoms with Gasteiger partial charge in [-0.1, -0.05) is 0 Å². The van der Waals surface area contributed by atoms with E-state index < -0.39 is 0 Å². The standard InChI is InChI=1S/C12H17N3O/c1-13-11(8-16)5-4-10-7-9-3-2-6-14-12(9)15-10/h2-3,6-7,11,13,16H,4-5,8H2,1H3,(H,14,15)/t11-/m1/s1. The zero-order valence-corrected chi connectivity index (χ0v) is 9.40. The summed E-state index contributed by atoms with van der Waals surface area (Å²) in [5.74, 6) is 0. The molecule has 2 rings (SSSR count). The van der Waals surface area contributed by atoms with Crippen LogP contribution in [0.15, 0.2) is 24.4 Å². The van der Waals surface area contributed by atoms with Crippen molar-refractivity contribution in [3.63, 3.8) is 0 Å². The Hall–Kier alpha value is -1.39. The lowest BCUT2D eigenvalue weighted by Crippen LogP contribution is -2.29. The molecular weight excluding hydrogens is 202 g/mol. The first kappa shape index (κ1) is 11.1. The van der Waals surface area contributed by atoms with E-state index in [1.54, 1.807) is 6.20 Å². The molecule has 1 atom stereocenters. The molecule has 0 aliphatic carbocycles. The average Bonchev–Trinajstić information content (AvgIpc) is 2.73. The Kier molecular flexibility index (Phi) is 3.54. The van der Waals surface area contributed by atoms with Crippen molar-refractivity contribution < 1.29 is 5.11 Å². The van der Waals surface area contributed by atoms with E-state index in [1.807, 2.05) is 19.2 Å². The number of pyridine rings is 1. The molecule has 0 radical (unpaired) electrons. The summed E-state index contributed by atoms with van der Waals surface area (Å²) >= 11 is 0. The average molecular weight is 219 g/mol. The molecule has 4 nitrogen and oxygen atoms in total. The molecule has 86 valence electrons. The van der Waals surface area contributed by atoms with E-state index in [4.69, 9.17) is 5.11 Å². The third-order valence-corrected chi connectivity index (χ3v) is 2.84. The van der Waals surface area contributed by atoms with E-state index in [-0.39, 0.29) is 12.6 Å². The Morgan fingerprint density at radius 3 is 3.12 bits per heavy atom. The number of likely N-dealkylation sites (N-methyl/N-ethyl adjacent to an activating group) is 1. The molecule has 4 heteroatoms. The minimum absolute atomic E-state index is 0.166. The largest absolute Gasteiger partial charge is 0.395 e. The highest BCUT2D eigenvalue weighted by Gasteiger charge is 2.06. The lowest BCUT2D eigenvalue weighted by molar-refractivity contribution is 0.242. The van der Waals surface area contributed by atoms with E-state index in [9.17, 15) is 0 Å². The quantitative estimate of drug-likeness (QED) is 0.705. The SMILES string of the molecule is CN[C@@H](CO)CCc1cc2cccnc2[nH]1. The fraction of sp³-hybridized carbons (Fsp3) is 0.417. The predicted molar refractivity (Wildman–Crippen MR) is 64.3 cm³/mol. The smallest absolute Gasteiger partial charge is 0.137 e. The molecule has 0 bridgehead atoms. The molecule has 0 spiro atoms. The fourth-order valence-corrected chi connectivity index (χ4v) is 1.81. The van der Waals surface area contributed by atoms with Gasteiger partial charge in [-0.3, -0.25) is 0 Å². The van der Waals surface area contributed by atoms with Crippen molar-refractivity contribution in [3.8, 4) is 0 Å². The van der Waals surface area contributed by atoms with Crippen LogP contribution in [0.2, 0.25) is 0 Å². The van der Waals surface area contributed by atoms with Crippen LogP contribution in [0.4, 0.5) is 0 Å². The molecule has 0 saturated carbocycles. The van der Waals surface area contributed by atoms with Crippen molar-refractivity contribution in [1.82, 2.24) is 15.3 Å². The van der Waals surface area contributed by atoms with Gasteiger partial charge in [0.25, 0.3) is 0 Å². The van der Waals surface area contributed by atoms with Crippen LogP contribution < -0.4 is 5.32 Å². The summed E-state index contributed by atoms with van der Waals surface area (Å²) in [6.45, 7) is 0.176. The monoisotopic (exact) mass is 219 g/mol. The van der Waals surface area contributed by atoms with E-state index in [0.29, 0.717) is 0 Å². The Morgan fingerprint density at radius 2 is 2.44 bits per heavy atom. The molecule has 0 amide bonds. The maximum Gasteiger partial charge on any atom is 0.137 e. The van der Waals surface area contributed by atoms with Crippen LogP contribution >= 0.6 is 0 Å². The Morgan fingerprint density at radius 1 is 1.56 bits per heavy atom. The predicted octanol–water partition coefficient (Wildman–Crippen LogP) is 1.08. The summed E-state index contributed by atoms with van der Waals surface area (Å²) in [4.78, 5) is 7.53. The van der Waals surface area contributed by atoms with Gasteiger partial charge >= 0.3 is 0 Å². The Bertz CT molecular complexity index is 415. The summed E-state index contributed by atoms with van der Waals surface area (Å²) in [7, 11) is 1.87. The van der Waals surface area contributed by atoms with Gasteiger partial charge in [-0.15, -0.1) is 0 Å². The van der Waals surface area contributed by atoms with Crippen LogP contribution in [0.3, 0.4) is 0 Å². The first-order valence-corrected chi connectivity index (χ1v) is 5.54. The Labute approximate surface area is 94.7 Å². The second-order valence-electron chi connectivity index (χ2n) is 3.94. The number of hydrogen-bond acceptors (Lipinski definition) is 3. The number of nitrogens with zero attached hydrogens (tertiary/aromatic N) is 1. The maximum absolute atomic E-state index is 9.06. The number of aryl methyl sites for hydroxylation is 1. The van der Waals surface area contributed by atoms with Crippen LogP contribution in [0.1, 0.15) is 12.1 Å². The van der Waals surface area contributed by atoms with Gasteiger partial charge < -0.3 is 15.4 Å². The highest BCUT2D eigenvalue weighted by Crippen LogP contribution is 2.13. The van der Waals surface area contributed by atoms with Gasteiger partial charge in [-0.05, 0) is 38.1 Å². The number of aromatic nitrogens is 2. The zero-order chi connectivity index (χ0) is 11.4. The second-order valence-corrected chi connectivity index (χ2v) is 3.94.